The number of esters is 1. The van der Waals surface area contributed by atoms with E-state index in [-0.39, 0.29) is 5.91 Å². The van der Waals surface area contributed by atoms with Crippen LogP contribution in [0, 0.1) is 0 Å². The summed E-state index contributed by atoms with van der Waals surface area (Å²) in [5.74, 6) is 4.84. The van der Waals surface area contributed by atoms with Gasteiger partial charge in [0.2, 0.25) is 5.91 Å². The number of amides is 1. The van der Waals surface area contributed by atoms with Crippen molar-refractivity contribution in [2.24, 2.45) is 5.84 Å². The van der Waals surface area contributed by atoms with Gasteiger partial charge in [-0.1, -0.05) is 0 Å². The smallest absolute Gasteiger partial charge is 0.330 e. The standard InChI is InChI=1S/C8H14N2O3/c1-2-13-8(12)6-4-3-5-7(11)10(6)9/h6H,2-5,9H2,1H3. The average molecular weight is 186 g/mol. The highest BCUT2D eigenvalue weighted by molar-refractivity contribution is 5.85. The topological polar surface area (TPSA) is 72.6 Å². The summed E-state index contributed by atoms with van der Waals surface area (Å²) in [6.45, 7) is 2.04. The lowest BCUT2D eigenvalue weighted by Crippen LogP contribution is -2.52. The summed E-state index contributed by atoms with van der Waals surface area (Å²) in [4.78, 5) is 22.4. The maximum absolute atomic E-state index is 11.3. The molecule has 0 bridgehead atoms. The molecule has 1 aliphatic heterocycles. The first kappa shape index (κ1) is 9.98. The molecule has 13 heavy (non-hydrogen) atoms. The number of nitrogens with zero attached hydrogens (tertiary/aromatic N) is 1. The average Bonchev–Trinajstić information content (AvgIpc) is 2.10. The molecule has 0 aromatic rings. The number of carbonyl (C=O) groups excluding carboxylic acids is 2. The number of carbonyl (C=O) groups is 2. The van der Waals surface area contributed by atoms with Crippen LogP contribution >= 0.6 is 0 Å². The third-order valence-corrected chi connectivity index (χ3v) is 2.05. The molecule has 1 amide bonds. The molecule has 1 atom stereocenters. The third kappa shape index (κ3) is 2.18. The lowest BCUT2D eigenvalue weighted by molar-refractivity contribution is -0.157. The summed E-state index contributed by atoms with van der Waals surface area (Å²) in [5.41, 5.74) is 0. The van der Waals surface area contributed by atoms with Crippen LogP contribution in [0.4, 0.5) is 0 Å². The van der Waals surface area contributed by atoms with E-state index >= 15 is 0 Å². The van der Waals surface area contributed by atoms with E-state index in [1.54, 1.807) is 6.92 Å². The van der Waals surface area contributed by atoms with Crippen molar-refractivity contribution in [3.63, 3.8) is 0 Å². The quantitative estimate of drug-likeness (QED) is 0.368. The number of hydrogen-bond donors (Lipinski definition) is 1. The van der Waals surface area contributed by atoms with Crippen LogP contribution in [0.3, 0.4) is 0 Å². The SMILES string of the molecule is CCOC(=O)C1CCCC(=O)N1N. The summed E-state index contributed by atoms with van der Waals surface area (Å²) < 4.78 is 4.79. The largest absolute Gasteiger partial charge is 0.464 e. The van der Waals surface area contributed by atoms with Crippen molar-refractivity contribution in [2.45, 2.75) is 32.2 Å². The maximum Gasteiger partial charge on any atom is 0.330 e. The summed E-state index contributed by atoms with van der Waals surface area (Å²) in [6.07, 6.45) is 1.73. The molecular formula is C8H14N2O3. The van der Waals surface area contributed by atoms with Crippen molar-refractivity contribution in [3.05, 3.63) is 0 Å². The first-order valence-corrected chi connectivity index (χ1v) is 4.40. The van der Waals surface area contributed by atoms with E-state index in [2.05, 4.69) is 0 Å². The molecule has 74 valence electrons. The minimum absolute atomic E-state index is 0.190. The first-order valence-electron chi connectivity index (χ1n) is 4.40. The predicted molar refractivity (Wildman–Crippen MR) is 45.3 cm³/mol. The Bertz CT molecular complexity index is 217. The van der Waals surface area contributed by atoms with E-state index < -0.39 is 12.0 Å². The van der Waals surface area contributed by atoms with Gasteiger partial charge in [-0.25, -0.2) is 10.6 Å². The highest BCUT2D eigenvalue weighted by Crippen LogP contribution is 2.15. The van der Waals surface area contributed by atoms with Crippen molar-refractivity contribution in [1.82, 2.24) is 5.01 Å². The molecule has 1 saturated heterocycles. The normalized spacial score (nSPS) is 23.1. The zero-order valence-corrected chi connectivity index (χ0v) is 7.66. The molecule has 0 aliphatic carbocycles. The summed E-state index contributed by atoms with van der Waals surface area (Å²) in [7, 11) is 0. The molecular weight excluding hydrogens is 172 g/mol. The van der Waals surface area contributed by atoms with Gasteiger partial charge in [0.15, 0.2) is 0 Å². The van der Waals surface area contributed by atoms with Gasteiger partial charge in [0, 0.05) is 6.42 Å². The van der Waals surface area contributed by atoms with Gasteiger partial charge in [-0.15, -0.1) is 0 Å². The van der Waals surface area contributed by atoms with Crippen LogP contribution in [0.2, 0.25) is 0 Å². The molecule has 1 unspecified atom stereocenters. The second kappa shape index (κ2) is 4.23. The molecule has 0 saturated carbocycles. The summed E-state index contributed by atoms with van der Waals surface area (Å²) >= 11 is 0. The fourth-order valence-electron chi connectivity index (χ4n) is 1.36. The van der Waals surface area contributed by atoms with E-state index in [9.17, 15) is 9.59 Å². The molecule has 0 aromatic heterocycles. The number of piperidine rings is 1. The number of hydrogen-bond acceptors (Lipinski definition) is 4. The summed E-state index contributed by atoms with van der Waals surface area (Å²) in [5, 5.41) is 0.988. The molecule has 0 radical (unpaired) electrons. The second-order valence-electron chi connectivity index (χ2n) is 2.96. The third-order valence-electron chi connectivity index (χ3n) is 2.05. The minimum atomic E-state index is -0.582. The van der Waals surface area contributed by atoms with Crippen molar-refractivity contribution in [2.75, 3.05) is 6.61 Å². The van der Waals surface area contributed by atoms with Crippen LogP contribution in [-0.2, 0) is 14.3 Å². The Morgan fingerprint density at radius 1 is 1.77 bits per heavy atom. The molecule has 1 aliphatic rings. The first-order chi connectivity index (χ1) is 6.16. The molecule has 5 nitrogen and oxygen atoms in total. The number of rotatable bonds is 2. The fraction of sp³-hybridized carbons (Fsp3) is 0.750. The molecule has 1 fully saturated rings. The maximum atomic E-state index is 11.3. The molecule has 5 heteroatoms. The van der Waals surface area contributed by atoms with Crippen molar-refractivity contribution >= 4 is 11.9 Å². The molecule has 0 aromatic carbocycles. The zero-order chi connectivity index (χ0) is 9.84. The lowest BCUT2D eigenvalue weighted by atomic mass is 10.0. The number of hydrazine groups is 1. The Labute approximate surface area is 76.8 Å². The Hall–Kier alpha value is -1.10. The number of ether oxygens (including phenoxy) is 1. The van der Waals surface area contributed by atoms with Gasteiger partial charge in [0.25, 0.3) is 0 Å². The van der Waals surface area contributed by atoms with Crippen molar-refractivity contribution < 1.29 is 14.3 Å². The zero-order valence-electron chi connectivity index (χ0n) is 7.66. The van der Waals surface area contributed by atoms with Gasteiger partial charge in [0.05, 0.1) is 6.61 Å². The molecule has 0 spiro atoms. The second-order valence-corrected chi connectivity index (χ2v) is 2.96. The summed E-state index contributed by atoms with van der Waals surface area (Å²) in [6, 6.07) is -0.582. The molecule has 2 N–H and O–H groups in total. The van der Waals surface area contributed by atoms with E-state index in [0.29, 0.717) is 25.9 Å². The Morgan fingerprint density at radius 3 is 3.08 bits per heavy atom. The van der Waals surface area contributed by atoms with Gasteiger partial charge >= 0.3 is 5.97 Å². The van der Waals surface area contributed by atoms with E-state index in [4.69, 9.17) is 10.6 Å². The highest BCUT2D eigenvalue weighted by atomic mass is 16.5. The van der Waals surface area contributed by atoms with Crippen LogP contribution in [0.25, 0.3) is 0 Å². The van der Waals surface area contributed by atoms with Crippen LogP contribution in [-0.4, -0.2) is 29.5 Å². The van der Waals surface area contributed by atoms with Crippen LogP contribution in [0.15, 0.2) is 0 Å². The van der Waals surface area contributed by atoms with Crippen molar-refractivity contribution in [1.29, 1.82) is 0 Å². The van der Waals surface area contributed by atoms with Gasteiger partial charge in [-0.3, -0.25) is 9.80 Å². The van der Waals surface area contributed by atoms with E-state index in [0.717, 1.165) is 5.01 Å². The monoisotopic (exact) mass is 186 g/mol. The van der Waals surface area contributed by atoms with Crippen LogP contribution < -0.4 is 5.84 Å². The Morgan fingerprint density at radius 2 is 2.46 bits per heavy atom. The van der Waals surface area contributed by atoms with Crippen molar-refractivity contribution in [3.8, 4) is 0 Å². The van der Waals surface area contributed by atoms with Gasteiger partial charge in [-0.05, 0) is 19.8 Å². The lowest BCUT2D eigenvalue weighted by Gasteiger charge is -2.29. The van der Waals surface area contributed by atoms with Crippen LogP contribution in [0.1, 0.15) is 26.2 Å². The van der Waals surface area contributed by atoms with Gasteiger partial charge in [-0.2, -0.15) is 0 Å². The fourth-order valence-corrected chi connectivity index (χ4v) is 1.36. The van der Waals surface area contributed by atoms with Crippen LogP contribution in [0.5, 0.6) is 0 Å². The van der Waals surface area contributed by atoms with Gasteiger partial charge in [0.1, 0.15) is 6.04 Å². The highest BCUT2D eigenvalue weighted by Gasteiger charge is 2.32. The van der Waals surface area contributed by atoms with Gasteiger partial charge < -0.3 is 4.74 Å². The predicted octanol–water partition coefficient (Wildman–Crippen LogP) is -0.196. The number of nitrogens with two attached hydrogens (primary N) is 1. The minimum Gasteiger partial charge on any atom is -0.464 e. The molecule has 1 heterocycles. The molecule has 1 rings (SSSR count). The Kier molecular flexibility index (Phi) is 3.25. The Balaban J connectivity index is 2.57. The van der Waals surface area contributed by atoms with E-state index in [1.165, 1.54) is 0 Å². The van der Waals surface area contributed by atoms with E-state index in [1.807, 2.05) is 0 Å².